The Kier molecular flexibility index (Phi) is 11.0. The van der Waals surface area contributed by atoms with Gasteiger partial charge >= 0.3 is 17.1 Å². The highest BCUT2D eigenvalue weighted by Gasteiger charge is 2.61. The molecule has 0 aromatic heterocycles. The molecule has 1 unspecified atom stereocenters. The highest BCUT2D eigenvalue weighted by molar-refractivity contribution is 6.83. The molecule has 0 amide bonds. The van der Waals surface area contributed by atoms with Gasteiger partial charge in [0.05, 0.1) is 31.8 Å². The van der Waals surface area contributed by atoms with E-state index in [1.807, 2.05) is 13.0 Å². The van der Waals surface area contributed by atoms with Crippen molar-refractivity contribution >= 4 is 17.1 Å². The summed E-state index contributed by atoms with van der Waals surface area (Å²) >= 11 is 0. The Morgan fingerprint density at radius 3 is 2.06 bits per heavy atom. The van der Waals surface area contributed by atoms with Crippen LogP contribution in [0.3, 0.4) is 0 Å². The van der Waals surface area contributed by atoms with Crippen LogP contribution < -0.4 is 0 Å². The molecule has 0 aromatic rings. The molecule has 2 aliphatic rings. The molecule has 0 aliphatic carbocycles. The predicted octanol–water partition coefficient (Wildman–Crippen LogP) is 4.98. The molecular weight excluding hydrogens is 458 g/mol. The Balaban J connectivity index is 2.24. The zero-order valence-corrected chi connectivity index (χ0v) is 24.0. The summed E-state index contributed by atoms with van der Waals surface area (Å²) in [6, 6.07) is 2.03. The van der Waals surface area contributed by atoms with Gasteiger partial charge in [-0.1, -0.05) is 55.4 Å². The second kappa shape index (κ2) is 12.6. The molecular formula is C23H45NO7Si2. The van der Waals surface area contributed by atoms with Crippen LogP contribution in [0, 0.1) is 11.3 Å². The predicted molar refractivity (Wildman–Crippen MR) is 130 cm³/mol. The van der Waals surface area contributed by atoms with E-state index >= 15 is 0 Å². The maximum atomic E-state index is 8.57. The molecule has 0 radical (unpaired) electrons. The second-order valence-corrected chi connectivity index (χ2v) is 19.2. The Bertz CT molecular complexity index is 625. The maximum absolute atomic E-state index is 8.57. The molecule has 2 heterocycles. The quantitative estimate of drug-likeness (QED) is 0.222. The van der Waals surface area contributed by atoms with Gasteiger partial charge in [0, 0.05) is 0 Å². The van der Waals surface area contributed by atoms with Gasteiger partial charge in [-0.2, -0.15) is 5.26 Å². The average Bonchev–Trinajstić information content (AvgIpc) is 3.00. The number of nitriles is 1. The Hall–Kier alpha value is -0.356. The van der Waals surface area contributed by atoms with Crippen LogP contribution in [0.25, 0.3) is 0 Å². The standard InChI is InChI=1S/C23H45NO7Si2/c1-16(2)32(17(3)4)28-13-21-23(30-33(31-32,18(5)6)19(7)8)22(20(9)29-21)27-15-26-14-25-12-10-11-24/h16-23H,10,12-15H2,1-9H3/t20-,21+,22+,23?/m0/s1. The van der Waals surface area contributed by atoms with E-state index in [1.54, 1.807) is 0 Å². The summed E-state index contributed by atoms with van der Waals surface area (Å²) in [5.41, 5.74) is 1.07. The first-order valence-corrected chi connectivity index (χ1v) is 16.3. The van der Waals surface area contributed by atoms with Gasteiger partial charge in [0.15, 0.2) is 0 Å². The van der Waals surface area contributed by atoms with Crippen LogP contribution in [-0.2, 0) is 31.9 Å². The Labute approximate surface area is 202 Å². The number of nitrogens with zero attached hydrogens (tertiary/aromatic N) is 1. The van der Waals surface area contributed by atoms with Crippen molar-refractivity contribution in [1.82, 2.24) is 0 Å². The Morgan fingerprint density at radius 2 is 1.52 bits per heavy atom. The van der Waals surface area contributed by atoms with Crippen molar-refractivity contribution in [2.45, 2.75) is 115 Å². The van der Waals surface area contributed by atoms with Crippen molar-refractivity contribution in [2.75, 3.05) is 26.8 Å². The van der Waals surface area contributed by atoms with Crippen molar-refractivity contribution in [2.24, 2.45) is 0 Å². The van der Waals surface area contributed by atoms with E-state index in [-0.39, 0.29) is 49.1 Å². The fraction of sp³-hybridized carbons (Fsp3) is 0.957. The molecule has 4 atom stereocenters. The zero-order chi connectivity index (χ0) is 24.8. The van der Waals surface area contributed by atoms with Gasteiger partial charge in [-0.05, 0) is 29.1 Å². The lowest BCUT2D eigenvalue weighted by molar-refractivity contribution is -0.166. The van der Waals surface area contributed by atoms with Crippen LogP contribution in [0.1, 0.15) is 68.7 Å². The van der Waals surface area contributed by atoms with Crippen molar-refractivity contribution in [3.05, 3.63) is 0 Å². The zero-order valence-electron chi connectivity index (χ0n) is 22.0. The van der Waals surface area contributed by atoms with Gasteiger partial charge in [-0.25, -0.2) is 0 Å². The van der Waals surface area contributed by atoms with Crippen LogP contribution >= 0.6 is 0 Å². The normalized spacial score (nSPS) is 29.3. The average molecular weight is 504 g/mol. The number of ether oxygens (including phenoxy) is 4. The smallest absolute Gasteiger partial charge is 0.335 e. The summed E-state index contributed by atoms with van der Waals surface area (Å²) in [7, 11) is -5.31. The van der Waals surface area contributed by atoms with Crippen LogP contribution in [-0.4, -0.2) is 68.3 Å². The van der Waals surface area contributed by atoms with Gasteiger partial charge in [0.25, 0.3) is 0 Å². The lowest BCUT2D eigenvalue weighted by Crippen LogP contribution is -2.66. The highest BCUT2D eigenvalue weighted by atomic mass is 28.5. The number of hydrogen-bond acceptors (Lipinski definition) is 8. The van der Waals surface area contributed by atoms with Crippen molar-refractivity contribution in [1.29, 1.82) is 5.26 Å². The van der Waals surface area contributed by atoms with E-state index in [9.17, 15) is 0 Å². The minimum atomic E-state index is -2.73. The SMILES string of the molecule is CC(C)[Si]1(C(C)C)OC[C@H]2O[C@@H](C)[C@@H](OCOCOCCC#N)C2O[Si](C(C)C)(C(C)C)O1. The van der Waals surface area contributed by atoms with E-state index < -0.39 is 17.1 Å². The van der Waals surface area contributed by atoms with Crippen LogP contribution in [0.15, 0.2) is 0 Å². The first-order valence-electron chi connectivity index (χ1n) is 12.3. The first kappa shape index (κ1) is 28.9. The van der Waals surface area contributed by atoms with Crippen LogP contribution in [0.5, 0.6) is 0 Å². The first-order chi connectivity index (χ1) is 15.5. The van der Waals surface area contributed by atoms with Crippen LogP contribution in [0.4, 0.5) is 0 Å². The summed E-state index contributed by atoms with van der Waals surface area (Å²) in [4.78, 5) is 0. The van der Waals surface area contributed by atoms with Gasteiger partial charge in [-0.15, -0.1) is 0 Å². The topological polar surface area (TPSA) is 88.4 Å². The van der Waals surface area contributed by atoms with E-state index in [4.69, 9.17) is 37.2 Å². The molecule has 10 heteroatoms. The molecule has 0 N–H and O–H groups in total. The summed E-state index contributed by atoms with van der Waals surface area (Å²) in [6.45, 7) is 20.6. The van der Waals surface area contributed by atoms with Crippen molar-refractivity contribution < 1.29 is 31.9 Å². The van der Waals surface area contributed by atoms with Gasteiger partial charge < -0.3 is 31.9 Å². The molecule has 2 saturated heterocycles. The molecule has 8 nitrogen and oxygen atoms in total. The van der Waals surface area contributed by atoms with Gasteiger partial charge in [-0.3, -0.25) is 0 Å². The molecule has 0 spiro atoms. The highest BCUT2D eigenvalue weighted by Crippen LogP contribution is 2.47. The van der Waals surface area contributed by atoms with Crippen molar-refractivity contribution in [3.63, 3.8) is 0 Å². The van der Waals surface area contributed by atoms with E-state index in [0.29, 0.717) is 30.7 Å². The second-order valence-electron chi connectivity index (χ2n) is 10.3. The minimum absolute atomic E-state index is 0.0633. The maximum Gasteiger partial charge on any atom is 0.335 e. The number of hydrogen-bond donors (Lipinski definition) is 0. The van der Waals surface area contributed by atoms with E-state index in [2.05, 4.69) is 55.4 Å². The van der Waals surface area contributed by atoms with E-state index in [0.717, 1.165) is 0 Å². The monoisotopic (exact) mass is 503 g/mol. The molecule has 2 fully saturated rings. The molecule has 0 saturated carbocycles. The lowest BCUT2D eigenvalue weighted by Gasteiger charge is -2.51. The van der Waals surface area contributed by atoms with Crippen LogP contribution in [0.2, 0.25) is 22.2 Å². The minimum Gasteiger partial charge on any atom is -0.414 e. The molecule has 0 aromatic carbocycles. The molecule has 2 rings (SSSR count). The number of fused-ring (bicyclic) bond motifs is 1. The fourth-order valence-electron chi connectivity index (χ4n) is 4.95. The third-order valence-corrected chi connectivity index (χ3v) is 17.0. The lowest BCUT2D eigenvalue weighted by atomic mass is 10.1. The Morgan fingerprint density at radius 1 is 0.909 bits per heavy atom. The van der Waals surface area contributed by atoms with Gasteiger partial charge in [0.2, 0.25) is 0 Å². The van der Waals surface area contributed by atoms with E-state index in [1.165, 1.54) is 0 Å². The summed E-state index contributed by atoms with van der Waals surface area (Å²) < 4.78 is 44.2. The third-order valence-electron chi connectivity index (χ3n) is 6.74. The number of rotatable bonds is 11. The molecule has 192 valence electrons. The third kappa shape index (κ3) is 6.45. The van der Waals surface area contributed by atoms with Crippen molar-refractivity contribution in [3.8, 4) is 6.07 Å². The fourth-order valence-corrected chi connectivity index (χ4v) is 16.2. The summed E-state index contributed by atoms with van der Waals surface area (Å²) in [5.74, 6) is 0. The van der Waals surface area contributed by atoms with Gasteiger partial charge in [0.1, 0.15) is 31.9 Å². The summed E-state index contributed by atoms with van der Waals surface area (Å²) in [5, 5.41) is 8.57. The molecule has 0 bridgehead atoms. The molecule has 2 aliphatic heterocycles. The molecule has 33 heavy (non-hydrogen) atoms. The largest absolute Gasteiger partial charge is 0.414 e. The summed E-state index contributed by atoms with van der Waals surface area (Å²) in [6.07, 6.45) is -0.618.